The van der Waals surface area contributed by atoms with Gasteiger partial charge in [-0.15, -0.1) is 0 Å². The molecule has 0 aromatic heterocycles. The number of amides is 1. The third kappa shape index (κ3) is 5.50. The highest BCUT2D eigenvalue weighted by Crippen LogP contribution is 2.06. The lowest BCUT2D eigenvalue weighted by atomic mass is 10.1. The van der Waals surface area contributed by atoms with Gasteiger partial charge >= 0.3 is 5.97 Å². The molecule has 0 aliphatic carbocycles. The molecule has 0 saturated carbocycles. The predicted molar refractivity (Wildman–Crippen MR) is 88.7 cm³/mol. The first-order chi connectivity index (χ1) is 11.4. The van der Waals surface area contributed by atoms with Crippen molar-refractivity contribution >= 4 is 11.9 Å². The van der Waals surface area contributed by atoms with Gasteiger partial charge in [0, 0.05) is 6.54 Å². The fraction of sp³-hybridized carbons (Fsp3) is 0.263. The Morgan fingerprint density at radius 2 is 1.62 bits per heavy atom. The summed E-state index contributed by atoms with van der Waals surface area (Å²) in [4.78, 5) is 23.8. The molecule has 5 heteroatoms. The van der Waals surface area contributed by atoms with E-state index in [4.69, 9.17) is 4.74 Å². The predicted octanol–water partition coefficient (Wildman–Crippen LogP) is 2.92. The molecule has 0 heterocycles. The quantitative estimate of drug-likeness (QED) is 0.829. The maximum absolute atomic E-state index is 12.8. The summed E-state index contributed by atoms with van der Waals surface area (Å²) in [6.45, 7) is 3.74. The average molecular weight is 329 g/mol. The molecular formula is C19H20FNO3. The minimum atomic E-state index is -0.886. The maximum Gasteiger partial charge on any atom is 0.311 e. The van der Waals surface area contributed by atoms with Crippen molar-refractivity contribution in [1.82, 2.24) is 5.32 Å². The number of carbonyl (C=O) groups excluding carboxylic acids is 2. The lowest BCUT2D eigenvalue weighted by Gasteiger charge is -2.13. The van der Waals surface area contributed by atoms with Crippen LogP contribution in [0.1, 0.15) is 23.6 Å². The van der Waals surface area contributed by atoms with Gasteiger partial charge in [-0.3, -0.25) is 9.59 Å². The molecule has 2 aromatic carbocycles. The van der Waals surface area contributed by atoms with Gasteiger partial charge in [0.1, 0.15) is 5.82 Å². The van der Waals surface area contributed by atoms with Crippen LogP contribution in [0.5, 0.6) is 0 Å². The minimum Gasteiger partial charge on any atom is -0.452 e. The zero-order valence-electron chi connectivity index (χ0n) is 13.7. The summed E-state index contributed by atoms with van der Waals surface area (Å²) >= 11 is 0. The molecule has 2 aromatic rings. The number of aryl methyl sites for hydroxylation is 1. The first-order valence-electron chi connectivity index (χ1n) is 7.71. The van der Waals surface area contributed by atoms with Crippen LogP contribution in [0.15, 0.2) is 48.5 Å². The van der Waals surface area contributed by atoms with Gasteiger partial charge in [-0.2, -0.15) is 0 Å². The second-order valence-corrected chi connectivity index (χ2v) is 5.64. The zero-order valence-corrected chi connectivity index (χ0v) is 13.7. The molecule has 2 rings (SSSR count). The van der Waals surface area contributed by atoms with Crippen LogP contribution in [0.2, 0.25) is 0 Å². The van der Waals surface area contributed by atoms with Crippen LogP contribution in [0.4, 0.5) is 4.39 Å². The van der Waals surface area contributed by atoms with Crippen molar-refractivity contribution in [2.24, 2.45) is 0 Å². The summed E-state index contributed by atoms with van der Waals surface area (Å²) in [6.07, 6.45) is -0.765. The highest BCUT2D eigenvalue weighted by atomic mass is 19.1. The van der Waals surface area contributed by atoms with Gasteiger partial charge < -0.3 is 10.1 Å². The Morgan fingerprint density at radius 3 is 2.25 bits per heavy atom. The first-order valence-corrected chi connectivity index (χ1v) is 7.71. The molecule has 0 bridgehead atoms. The summed E-state index contributed by atoms with van der Waals surface area (Å²) in [5.41, 5.74) is 2.72. The molecule has 0 unspecified atom stereocenters. The van der Waals surface area contributed by atoms with Crippen LogP contribution >= 0.6 is 0 Å². The molecule has 0 aliphatic heterocycles. The fourth-order valence-corrected chi connectivity index (χ4v) is 2.10. The Kier molecular flexibility index (Phi) is 6.07. The van der Waals surface area contributed by atoms with E-state index in [0.717, 1.165) is 16.7 Å². The van der Waals surface area contributed by atoms with Gasteiger partial charge in [-0.05, 0) is 37.1 Å². The summed E-state index contributed by atoms with van der Waals surface area (Å²) in [7, 11) is 0. The van der Waals surface area contributed by atoms with Crippen molar-refractivity contribution in [3.05, 3.63) is 71.0 Å². The van der Waals surface area contributed by atoms with Crippen LogP contribution in [0.3, 0.4) is 0 Å². The SMILES string of the molecule is Cc1ccc(CC(=O)O[C@H](C)C(=O)NCc2ccc(F)cc2)cc1. The Hall–Kier alpha value is -2.69. The van der Waals surface area contributed by atoms with Gasteiger partial charge in [0.2, 0.25) is 0 Å². The number of esters is 1. The molecular weight excluding hydrogens is 309 g/mol. The summed E-state index contributed by atoms with van der Waals surface area (Å²) in [5.74, 6) is -1.18. The lowest BCUT2D eigenvalue weighted by Crippen LogP contribution is -2.35. The van der Waals surface area contributed by atoms with E-state index in [1.54, 1.807) is 12.1 Å². The second-order valence-electron chi connectivity index (χ2n) is 5.64. The monoisotopic (exact) mass is 329 g/mol. The highest BCUT2D eigenvalue weighted by Gasteiger charge is 2.17. The van der Waals surface area contributed by atoms with Crippen molar-refractivity contribution in [3.8, 4) is 0 Å². The molecule has 0 spiro atoms. The number of carbonyl (C=O) groups is 2. The standard InChI is InChI=1S/C19H20FNO3/c1-13-3-5-15(6-4-13)11-18(22)24-14(2)19(23)21-12-16-7-9-17(20)10-8-16/h3-10,14H,11-12H2,1-2H3,(H,21,23)/t14-/m1/s1. The zero-order chi connectivity index (χ0) is 17.5. The third-order valence-corrected chi connectivity index (χ3v) is 3.53. The molecule has 1 atom stereocenters. The lowest BCUT2D eigenvalue weighted by molar-refractivity contribution is -0.154. The Labute approximate surface area is 140 Å². The number of rotatable bonds is 6. The molecule has 0 saturated heterocycles. The number of ether oxygens (including phenoxy) is 1. The molecule has 0 aliphatic rings. The topological polar surface area (TPSA) is 55.4 Å². The van der Waals surface area contributed by atoms with Gasteiger partial charge in [-0.25, -0.2) is 4.39 Å². The van der Waals surface area contributed by atoms with Crippen molar-refractivity contribution in [3.63, 3.8) is 0 Å². The summed E-state index contributed by atoms with van der Waals surface area (Å²) < 4.78 is 18.0. The number of hydrogen-bond donors (Lipinski definition) is 1. The van der Waals surface area contributed by atoms with E-state index in [0.29, 0.717) is 0 Å². The molecule has 0 fully saturated rings. The normalized spacial score (nSPS) is 11.6. The first kappa shape index (κ1) is 17.7. The van der Waals surface area contributed by atoms with Crippen molar-refractivity contribution in [1.29, 1.82) is 0 Å². The maximum atomic E-state index is 12.8. The second kappa shape index (κ2) is 8.24. The molecule has 24 heavy (non-hydrogen) atoms. The Bertz CT molecular complexity index is 696. The largest absolute Gasteiger partial charge is 0.452 e. The van der Waals surface area contributed by atoms with E-state index in [1.165, 1.54) is 19.1 Å². The smallest absolute Gasteiger partial charge is 0.311 e. The molecule has 0 radical (unpaired) electrons. The molecule has 1 amide bonds. The number of benzene rings is 2. The number of halogens is 1. The summed E-state index contributed by atoms with van der Waals surface area (Å²) in [5, 5.41) is 2.66. The van der Waals surface area contributed by atoms with Crippen LogP contribution in [0, 0.1) is 12.7 Å². The minimum absolute atomic E-state index is 0.121. The van der Waals surface area contributed by atoms with Crippen LogP contribution in [0.25, 0.3) is 0 Å². The van der Waals surface area contributed by atoms with Gasteiger partial charge in [-0.1, -0.05) is 42.0 Å². The van der Waals surface area contributed by atoms with E-state index in [1.807, 2.05) is 31.2 Å². The van der Waals surface area contributed by atoms with Crippen molar-refractivity contribution in [2.45, 2.75) is 32.9 Å². The van der Waals surface area contributed by atoms with Gasteiger partial charge in [0.05, 0.1) is 6.42 Å². The van der Waals surface area contributed by atoms with Gasteiger partial charge in [0.25, 0.3) is 5.91 Å². The van der Waals surface area contributed by atoms with E-state index < -0.39 is 18.0 Å². The van der Waals surface area contributed by atoms with Crippen molar-refractivity contribution < 1.29 is 18.7 Å². The number of hydrogen-bond acceptors (Lipinski definition) is 3. The third-order valence-electron chi connectivity index (χ3n) is 3.53. The van der Waals surface area contributed by atoms with Crippen molar-refractivity contribution in [2.75, 3.05) is 0 Å². The molecule has 4 nitrogen and oxygen atoms in total. The van der Waals surface area contributed by atoms with Crippen LogP contribution < -0.4 is 5.32 Å². The highest BCUT2D eigenvalue weighted by molar-refractivity contribution is 5.83. The molecule has 126 valence electrons. The van der Waals surface area contributed by atoms with E-state index in [2.05, 4.69) is 5.32 Å². The Morgan fingerprint density at radius 1 is 1.04 bits per heavy atom. The molecule has 1 N–H and O–H groups in total. The van der Waals surface area contributed by atoms with Gasteiger partial charge in [0.15, 0.2) is 6.10 Å². The van der Waals surface area contributed by atoms with Crippen LogP contribution in [-0.4, -0.2) is 18.0 Å². The van der Waals surface area contributed by atoms with E-state index in [-0.39, 0.29) is 18.8 Å². The average Bonchev–Trinajstić information content (AvgIpc) is 2.56. The van der Waals surface area contributed by atoms with E-state index >= 15 is 0 Å². The fourth-order valence-electron chi connectivity index (χ4n) is 2.10. The van der Waals surface area contributed by atoms with Crippen LogP contribution in [-0.2, 0) is 27.3 Å². The van der Waals surface area contributed by atoms with E-state index in [9.17, 15) is 14.0 Å². The number of nitrogens with one attached hydrogen (secondary N) is 1. The summed E-state index contributed by atoms with van der Waals surface area (Å²) in [6, 6.07) is 13.4. The Balaban J connectivity index is 1.78.